The molecule has 0 heterocycles. The molecule has 3 aromatic carbocycles. The fourth-order valence-corrected chi connectivity index (χ4v) is 2.53. The molecule has 3 rings (SSSR count). The molecule has 0 bridgehead atoms. The van der Waals surface area contributed by atoms with Gasteiger partial charge in [0.25, 0.3) is 0 Å². The van der Waals surface area contributed by atoms with E-state index in [4.69, 9.17) is 10.2 Å². The SMILES string of the molecule is O=S(=O)([O-])C(O)=c1ccccc1=CO.[K+].c1ccc2ccccc2c1. The molecule has 0 radical (unpaired) electrons. The van der Waals surface area contributed by atoms with E-state index < -0.39 is 15.2 Å². The molecule has 25 heavy (non-hydrogen) atoms. The molecule has 0 unspecified atom stereocenters. The van der Waals surface area contributed by atoms with Gasteiger partial charge in [0.1, 0.15) is 0 Å². The van der Waals surface area contributed by atoms with Crippen molar-refractivity contribution in [2.45, 2.75) is 0 Å². The Hall–Kier alpha value is -1.19. The maximum absolute atomic E-state index is 10.5. The van der Waals surface area contributed by atoms with Crippen molar-refractivity contribution < 1.29 is 74.6 Å². The minimum atomic E-state index is -4.90. The number of fused-ring (bicyclic) bond motifs is 1. The maximum atomic E-state index is 10.5. The van der Waals surface area contributed by atoms with Crippen LogP contribution in [0.5, 0.6) is 0 Å². The second kappa shape index (κ2) is 10.1. The zero-order valence-corrected chi connectivity index (χ0v) is 17.5. The van der Waals surface area contributed by atoms with Gasteiger partial charge in [-0.15, -0.1) is 0 Å². The third-order valence-corrected chi connectivity index (χ3v) is 3.92. The molecule has 0 saturated heterocycles. The molecule has 0 aromatic heterocycles. The summed E-state index contributed by atoms with van der Waals surface area (Å²) in [6.07, 6.45) is 0.608. The molecule has 0 aliphatic rings. The van der Waals surface area contributed by atoms with E-state index in [0.29, 0.717) is 6.26 Å². The third-order valence-electron chi connectivity index (χ3n) is 3.23. The third kappa shape index (κ3) is 6.23. The number of benzene rings is 3. The summed E-state index contributed by atoms with van der Waals surface area (Å²) in [5.41, 5.74) is 0. The summed E-state index contributed by atoms with van der Waals surface area (Å²) in [6.45, 7) is 0. The van der Waals surface area contributed by atoms with Crippen molar-refractivity contribution in [3.63, 3.8) is 0 Å². The maximum Gasteiger partial charge on any atom is 1.00 e. The Morgan fingerprint density at radius 2 is 1.24 bits per heavy atom. The Kier molecular flexibility index (Phi) is 8.81. The standard InChI is InChI=1S/C10H8.C8H8O5S.K/c1-2-6-10-8-4-3-7-9(10)5-1;9-5-6-3-1-2-4-7(6)8(10)14(11,12)13;/h1-8H;1-5,9-10H,(H,11,12,13);/q;;+1/p-1. The van der Waals surface area contributed by atoms with Crippen LogP contribution in [0.2, 0.25) is 0 Å². The molecule has 2 N–H and O–H groups in total. The van der Waals surface area contributed by atoms with Crippen LogP contribution in [0.3, 0.4) is 0 Å². The summed E-state index contributed by atoms with van der Waals surface area (Å²) in [4.78, 5) is 0. The van der Waals surface area contributed by atoms with Gasteiger partial charge < -0.3 is 14.8 Å². The first kappa shape index (κ1) is 21.8. The monoisotopic (exact) mass is 382 g/mol. The fourth-order valence-electron chi connectivity index (χ4n) is 2.07. The van der Waals surface area contributed by atoms with Gasteiger partial charge in [-0.05, 0) is 16.8 Å². The van der Waals surface area contributed by atoms with E-state index in [1.54, 1.807) is 0 Å². The molecule has 0 amide bonds. The van der Waals surface area contributed by atoms with E-state index in [0.717, 1.165) is 0 Å². The topological polar surface area (TPSA) is 97.7 Å². The minimum absolute atomic E-state index is 0. The molecule has 0 spiro atoms. The molecule has 124 valence electrons. The van der Waals surface area contributed by atoms with Crippen molar-refractivity contribution >= 4 is 32.2 Å². The van der Waals surface area contributed by atoms with Gasteiger partial charge >= 0.3 is 51.4 Å². The van der Waals surface area contributed by atoms with Gasteiger partial charge in [0.05, 0.1) is 6.26 Å². The van der Waals surface area contributed by atoms with Crippen molar-refractivity contribution in [2.75, 3.05) is 0 Å². The molecule has 0 saturated carbocycles. The Morgan fingerprint density at radius 3 is 1.64 bits per heavy atom. The van der Waals surface area contributed by atoms with Gasteiger partial charge in [0.15, 0.2) is 10.1 Å². The first-order chi connectivity index (χ1) is 11.4. The van der Waals surface area contributed by atoms with Crippen LogP contribution in [0.1, 0.15) is 0 Å². The second-order valence-electron chi connectivity index (χ2n) is 4.82. The summed E-state index contributed by atoms with van der Waals surface area (Å²) in [6, 6.07) is 22.2. The first-order valence-corrected chi connectivity index (χ1v) is 8.36. The van der Waals surface area contributed by atoms with Crippen LogP contribution >= 0.6 is 0 Å². The predicted molar refractivity (Wildman–Crippen MR) is 92.5 cm³/mol. The van der Waals surface area contributed by atoms with Crippen molar-refractivity contribution in [1.82, 2.24) is 0 Å². The van der Waals surface area contributed by atoms with E-state index in [1.165, 1.54) is 35.0 Å². The van der Waals surface area contributed by atoms with E-state index >= 15 is 0 Å². The Balaban J connectivity index is 0.000000251. The zero-order valence-electron chi connectivity index (χ0n) is 13.5. The number of aliphatic hydroxyl groups is 2. The van der Waals surface area contributed by atoms with Crippen LogP contribution in [-0.4, -0.2) is 23.2 Å². The van der Waals surface area contributed by atoms with Crippen LogP contribution in [0.25, 0.3) is 22.1 Å². The molecule has 0 aliphatic carbocycles. The number of hydrogen-bond acceptors (Lipinski definition) is 5. The predicted octanol–water partition coefficient (Wildman–Crippen LogP) is -1.00. The smallest absolute Gasteiger partial charge is 0.742 e. The van der Waals surface area contributed by atoms with Crippen molar-refractivity contribution in [1.29, 1.82) is 0 Å². The summed E-state index contributed by atoms with van der Waals surface area (Å²) in [7, 11) is -4.90. The van der Waals surface area contributed by atoms with Crippen LogP contribution in [0, 0.1) is 0 Å². The summed E-state index contributed by atoms with van der Waals surface area (Å²) >= 11 is 0. The van der Waals surface area contributed by atoms with E-state index in [9.17, 15) is 13.0 Å². The van der Waals surface area contributed by atoms with E-state index in [-0.39, 0.29) is 61.8 Å². The Morgan fingerprint density at radius 1 is 0.840 bits per heavy atom. The largest absolute Gasteiger partial charge is 1.00 e. The average Bonchev–Trinajstić information content (AvgIpc) is 2.61. The molecule has 7 heteroatoms. The normalized spacial score (nSPS) is 12.6. The van der Waals surface area contributed by atoms with Gasteiger partial charge in [0, 0.05) is 10.4 Å². The van der Waals surface area contributed by atoms with Crippen molar-refractivity contribution in [3.05, 3.63) is 83.2 Å². The summed E-state index contributed by atoms with van der Waals surface area (Å²) < 4.78 is 31.4. The average molecular weight is 382 g/mol. The molecule has 0 aliphatic heterocycles. The molecule has 3 aromatic rings. The van der Waals surface area contributed by atoms with Crippen LogP contribution in [-0.2, 0) is 10.1 Å². The van der Waals surface area contributed by atoms with Crippen LogP contribution < -0.4 is 61.8 Å². The fraction of sp³-hybridized carbons (Fsp3) is 0. The zero-order chi connectivity index (χ0) is 17.6. The molecule has 5 nitrogen and oxygen atoms in total. The molecule has 0 atom stereocenters. The molecular formula is C18H15KO5S. The van der Waals surface area contributed by atoms with Gasteiger partial charge in [-0.2, -0.15) is 0 Å². The van der Waals surface area contributed by atoms with Crippen LogP contribution in [0.4, 0.5) is 0 Å². The Bertz CT molecular complexity index is 997. The Labute approximate surface area is 188 Å². The quantitative estimate of drug-likeness (QED) is 0.415. The van der Waals surface area contributed by atoms with Crippen molar-refractivity contribution in [2.24, 2.45) is 0 Å². The van der Waals surface area contributed by atoms with Gasteiger partial charge in [-0.3, -0.25) is 0 Å². The minimum Gasteiger partial charge on any atom is -0.742 e. The number of rotatable bonds is 1. The van der Waals surface area contributed by atoms with Gasteiger partial charge in [-0.1, -0.05) is 66.7 Å². The van der Waals surface area contributed by atoms with Gasteiger partial charge in [-0.25, -0.2) is 8.42 Å². The van der Waals surface area contributed by atoms with Gasteiger partial charge in [0.2, 0.25) is 5.09 Å². The summed E-state index contributed by atoms with van der Waals surface area (Å²) in [5.74, 6) is 0. The van der Waals surface area contributed by atoms with E-state index in [1.807, 2.05) is 0 Å². The van der Waals surface area contributed by atoms with Crippen molar-refractivity contribution in [3.8, 4) is 0 Å². The summed E-state index contributed by atoms with van der Waals surface area (Å²) in [5, 5.41) is 18.9. The molecular weight excluding hydrogens is 367 g/mol. The first-order valence-electron chi connectivity index (χ1n) is 6.96. The second-order valence-corrected chi connectivity index (χ2v) is 6.12. The number of hydrogen-bond donors (Lipinski definition) is 2. The molecule has 0 fully saturated rings. The number of aliphatic hydroxyl groups excluding tert-OH is 2. The van der Waals surface area contributed by atoms with Crippen LogP contribution in [0.15, 0.2) is 72.8 Å². The van der Waals surface area contributed by atoms with E-state index in [2.05, 4.69) is 48.5 Å².